The highest BCUT2D eigenvalue weighted by Crippen LogP contribution is 2.10. The first-order valence-electron chi connectivity index (χ1n) is 7.40. The molecule has 2 N–H and O–H groups in total. The first kappa shape index (κ1) is 17.4. The number of unbranched alkanes of at least 4 members (excludes halogenated alkanes) is 4. The number of thiocarbonyl (C=S) groups is 1. The van der Waals surface area contributed by atoms with Gasteiger partial charge in [0.05, 0.1) is 7.11 Å². The highest BCUT2D eigenvalue weighted by molar-refractivity contribution is 7.80. The molecule has 1 amide bonds. The van der Waals surface area contributed by atoms with Gasteiger partial charge in [-0.15, -0.1) is 0 Å². The lowest BCUT2D eigenvalue weighted by molar-refractivity contribution is 0.0976. The summed E-state index contributed by atoms with van der Waals surface area (Å²) in [6, 6.07) is 6.92. The summed E-state index contributed by atoms with van der Waals surface area (Å²) >= 11 is 5.11. The second kappa shape index (κ2) is 10.2. The second-order valence-electron chi connectivity index (χ2n) is 4.85. The van der Waals surface area contributed by atoms with Crippen LogP contribution in [0.1, 0.15) is 49.4 Å². The molecule has 1 aromatic rings. The molecule has 1 rings (SSSR count). The molecule has 0 aliphatic rings. The van der Waals surface area contributed by atoms with Crippen molar-refractivity contribution in [1.82, 2.24) is 10.6 Å². The van der Waals surface area contributed by atoms with Crippen LogP contribution in [0, 0.1) is 0 Å². The minimum atomic E-state index is -0.207. The van der Waals surface area contributed by atoms with Crippen molar-refractivity contribution >= 4 is 23.2 Å². The fraction of sp³-hybridized carbons (Fsp3) is 0.500. The number of ether oxygens (including phenoxy) is 1. The van der Waals surface area contributed by atoms with E-state index in [-0.39, 0.29) is 5.91 Å². The Balaban J connectivity index is 2.25. The first-order chi connectivity index (χ1) is 10.2. The Morgan fingerprint density at radius 1 is 1.14 bits per heavy atom. The summed E-state index contributed by atoms with van der Waals surface area (Å²) in [5, 5.41) is 6.11. The largest absolute Gasteiger partial charge is 0.497 e. The van der Waals surface area contributed by atoms with E-state index >= 15 is 0 Å². The molecule has 0 spiro atoms. The smallest absolute Gasteiger partial charge is 0.257 e. The fourth-order valence-corrected chi connectivity index (χ4v) is 2.09. The molecule has 0 heterocycles. The van der Waals surface area contributed by atoms with E-state index in [1.165, 1.54) is 25.7 Å². The summed E-state index contributed by atoms with van der Waals surface area (Å²) in [4.78, 5) is 11.9. The molecule has 0 aliphatic heterocycles. The molecule has 5 heteroatoms. The zero-order chi connectivity index (χ0) is 15.5. The average molecular weight is 308 g/mol. The topological polar surface area (TPSA) is 50.4 Å². The zero-order valence-corrected chi connectivity index (χ0v) is 13.6. The minimum absolute atomic E-state index is 0.207. The molecule has 0 saturated carbocycles. The predicted octanol–water partition coefficient (Wildman–Crippen LogP) is 3.27. The number of hydrogen-bond acceptors (Lipinski definition) is 3. The van der Waals surface area contributed by atoms with Crippen molar-refractivity contribution in [3.63, 3.8) is 0 Å². The van der Waals surface area contributed by atoms with E-state index in [2.05, 4.69) is 17.6 Å². The molecule has 0 aliphatic carbocycles. The quantitative estimate of drug-likeness (QED) is 0.572. The highest BCUT2D eigenvalue weighted by atomic mass is 32.1. The van der Waals surface area contributed by atoms with E-state index < -0.39 is 0 Å². The minimum Gasteiger partial charge on any atom is -0.497 e. The molecule has 1 aromatic carbocycles. The van der Waals surface area contributed by atoms with Gasteiger partial charge in [-0.1, -0.05) is 32.6 Å². The second-order valence-corrected chi connectivity index (χ2v) is 5.26. The lowest BCUT2D eigenvalue weighted by atomic mass is 10.1. The molecule has 0 radical (unpaired) electrons. The Morgan fingerprint density at radius 3 is 2.43 bits per heavy atom. The zero-order valence-electron chi connectivity index (χ0n) is 12.8. The van der Waals surface area contributed by atoms with Crippen molar-refractivity contribution in [3.05, 3.63) is 29.8 Å². The van der Waals surface area contributed by atoms with E-state index in [1.54, 1.807) is 31.4 Å². The number of nitrogens with one attached hydrogen (secondary N) is 2. The Bertz CT molecular complexity index is 446. The summed E-state index contributed by atoms with van der Waals surface area (Å²) in [7, 11) is 1.59. The third kappa shape index (κ3) is 7.09. The third-order valence-corrected chi connectivity index (χ3v) is 3.39. The normalized spacial score (nSPS) is 10.0. The van der Waals surface area contributed by atoms with Gasteiger partial charge in [0.15, 0.2) is 5.11 Å². The molecule has 116 valence electrons. The van der Waals surface area contributed by atoms with Crippen LogP contribution < -0.4 is 15.4 Å². The van der Waals surface area contributed by atoms with Crippen LogP contribution in [-0.2, 0) is 0 Å². The number of amides is 1. The summed E-state index contributed by atoms with van der Waals surface area (Å²) in [5.41, 5.74) is 0.558. The molecule has 0 aromatic heterocycles. The van der Waals surface area contributed by atoms with Gasteiger partial charge in [0.25, 0.3) is 5.91 Å². The first-order valence-corrected chi connectivity index (χ1v) is 7.81. The van der Waals surface area contributed by atoms with Crippen molar-refractivity contribution in [2.75, 3.05) is 13.7 Å². The fourth-order valence-electron chi connectivity index (χ4n) is 1.89. The summed E-state index contributed by atoms with van der Waals surface area (Å²) in [6.45, 7) is 2.99. The molecule has 21 heavy (non-hydrogen) atoms. The number of rotatable bonds is 8. The Kier molecular flexibility index (Phi) is 8.43. The van der Waals surface area contributed by atoms with Crippen molar-refractivity contribution in [2.45, 2.75) is 39.0 Å². The lowest BCUT2D eigenvalue weighted by Gasteiger charge is -2.09. The van der Waals surface area contributed by atoms with Crippen molar-refractivity contribution in [2.24, 2.45) is 0 Å². The van der Waals surface area contributed by atoms with Crippen LogP contribution in [0.2, 0.25) is 0 Å². The standard InChI is InChI=1S/C16H24N2O2S/c1-3-4-5-6-7-12-17-16(21)18-15(19)13-8-10-14(20-2)11-9-13/h8-11H,3-7,12H2,1-2H3,(H2,17,18,19,21). The van der Waals surface area contributed by atoms with Crippen molar-refractivity contribution in [3.8, 4) is 5.75 Å². The maximum absolute atomic E-state index is 11.9. The summed E-state index contributed by atoms with van der Waals surface area (Å²) in [6.07, 6.45) is 6.03. The monoisotopic (exact) mass is 308 g/mol. The molecular weight excluding hydrogens is 284 g/mol. The molecule has 0 fully saturated rings. The van der Waals surface area contributed by atoms with Gasteiger partial charge in [-0.2, -0.15) is 0 Å². The van der Waals surface area contributed by atoms with Gasteiger partial charge in [-0.05, 0) is 42.9 Å². The van der Waals surface area contributed by atoms with Crippen LogP contribution in [0.15, 0.2) is 24.3 Å². The van der Waals surface area contributed by atoms with Gasteiger partial charge in [0, 0.05) is 12.1 Å². The van der Waals surface area contributed by atoms with Crippen LogP contribution in [0.4, 0.5) is 0 Å². The van der Waals surface area contributed by atoms with Crippen molar-refractivity contribution < 1.29 is 9.53 Å². The maximum atomic E-state index is 11.9. The predicted molar refractivity (Wildman–Crippen MR) is 89.8 cm³/mol. The number of carbonyl (C=O) groups is 1. The third-order valence-electron chi connectivity index (χ3n) is 3.15. The van der Waals surface area contributed by atoms with Gasteiger partial charge in [-0.3, -0.25) is 10.1 Å². The SMILES string of the molecule is CCCCCCCNC(=S)NC(=O)c1ccc(OC)cc1. The van der Waals surface area contributed by atoms with Gasteiger partial charge < -0.3 is 10.1 Å². The van der Waals surface area contributed by atoms with E-state index in [0.29, 0.717) is 10.7 Å². The highest BCUT2D eigenvalue weighted by Gasteiger charge is 2.07. The number of benzene rings is 1. The van der Waals surface area contributed by atoms with Gasteiger partial charge in [-0.25, -0.2) is 0 Å². The van der Waals surface area contributed by atoms with E-state index in [1.807, 2.05) is 0 Å². The molecule has 0 bridgehead atoms. The molecule has 4 nitrogen and oxygen atoms in total. The molecular formula is C16H24N2O2S. The summed E-state index contributed by atoms with van der Waals surface area (Å²) in [5.74, 6) is 0.514. The average Bonchev–Trinajstić information content (AvgIpc) is 2.50. The van der Waals surface area contributed by atoms with Crippen LogP contribution in [-0.4, -0.2) is 24.7 Å². The van der Waals surface area contributed by atoms with Gasteiger partial charge in [0.1, 0.15) is 5.75 Å². The summed E-state index contributed by atoms with van der Waals surface area (Å²) < 4.78 is 5.05. The Labute approximate surface area is 132 Å². The van der Waals surface area contributed by atoms with Gasteiger partial charge >= 0.3 is 0 Å². The van der Waals surface area contributed by atoms with Crippen LogP contribution >= 0.6 is 12.2 Å². The Morgan fingerprint density at radius 2 is 1.81 bits per heavy atom. The van der Waals surface area contributed by atoms with Gasteiger partial charge in [0.2, 0.25) is 0 Å². The van der Waals surface area contributed by atoms with E-state index in [9.17, 15) is 4.79 Å². The van der Waals surface area contributed by atoms with Crippen LogP contribution in [0.25, 0.3) is 0 Å². The number of carbonyl (C=O) groups excluding carboxylic acids is 1. The van der Waals surface area contributed by atoms with Crippen LogP contribution in [0.5, 0.6) is 5.75 Å². The number of methoxy groups -OCH3 is 1. The number of hydrogen-bond donors (Lipinski definition) is 2. The Hall–Kier alpha value is -1.62. The molecule has 0 unspecified atom stereocenters. The van der Waals surface area contributed by atoms with E-state index in [4.69, 9.17) is 17.0 Å². The molecule has 0 saturated heterocycles. The molecule has 0 atom stereocenters. The lowest BCUT2D eigenvalue weighted by Crippen LogP contribution is -2.39. The maximum Gasteiger partial charge on any atom is 0.257 e. The van der Waals surface area contributed by atoms with Crippen LogP contribution in [0.3, 0.4) is 0 Å². The van der Waals surface area contributed by atoms with E-state index in [0.717, 1.165) is 18.7 Å². The van der Waals surface area contributed by atoms with Crippen molar-refractivity contribution in [1.29, 1.82) is 0 Å².